The van der Waals surface area contributed by atoms with Crippen LogP contribution in [0.1, 0.15) is 25.5 Å². The van der Waals surface area contributed by atoms with Crippen molar-refractivity contribution < 1.29 is 9.90 Å². The fraction of sp³-hybridized carbons (Fsp3) is 0.500. The molecule has 0 aliphatic rings. The van der Waals surface area contributed by atoms with Gasteiger partial charge < -0.3 is 14.9 Å². The molecule has 1 atom stereocenters. The Morgan fingerprint density at radius 2 is 1.94 bits per heavy atom. The molecular formula is C14H22N2O2. The van der Waals surface area contributed by atoms with E-state index in [1.807, 2.05) is 36.1 Å². The molecule has 1 N–H and O–H groups in total. The molecule has 0 bridgehead atoms. The van der Waals surface area contributed by atoms with E-state index in [0.717, 1.165) is 17.8 Å². The zero-order valence-corrected chi connectivity index (χ0v) is 11.6. The molecule has 1 amide bonds. The van der Waals surface area contributed by atoms with Gasteiger partial charge in [0.15, 0.2) is 0 Å². The number of aliphatic hydroxyl groups excluding tert-OH is 1. The SMILES string of the molecule is CCN(CC(=O)N(C)C)c1ccccc1C(C)O. The molecule has 0 saturated heterocycles. The van der Waals surface area contributed by atoms with Gasteiger partial charge in [0.25, 0.3) is 0 Å². The van der Waals surface area contributed by atoms with Gasteiger partial charge in [-0.3, -0.25) is 4.79 Å². The van der Waals surface area contributed by atoms with Gasteiger partial charge in [0, 0.05) is 31.9 Å². The van der Waals surface area contributed by atoms with Gasteiger partial charge in [-0.2, -0.15) is 0 Å². The third kappa shape index (κ3) is 3.47. The Morgan fingerprint density at radius 1 is 1.33 bits per heavy atom. The number of likely N-dealkylation sites (N-methyl/N-ethyl adjacent to an activating group) is 2. The molecule has 18 heavy (non-hydrogen) atoms. The van der Waals surface area contributed by atoms with Crippen molar-refractivity contribution in [2.45, 2.75) is 20.0 Å². The van der Waals surface area contributed by atoms with Crippen molar-refractivity contribution in [3.05, 3.63) is 29.8 Å². The normalized spacial score (nSPS) is 12.1. The molecule has 0 aromatic heterocycles. The van der Waals surface area contributed by atoms with Gasteiger partial charge in [-0.05, 0) is 19.9 Å². The second kappa shape index (κ2) is 6.40. The number of nitrogens with zero attached hydrogens (tertiary/aromatic N) is 2. The van der Waals surface area contributed by atoms with E-state index in [-0.39, 0.29) is 5.91 Å². The van der Waals surface area contributed by atoms with Crippen LogP contribution in [0.2, 0.25) is 0 Å². The molecule has 0 aliphatic carbocycles. The van der Waals surface area contributed by atoms with E-state index in [1.54, 1.807) is 25.9 Å². The zero-order chi connectivity index (χ0) is 13.7. The van der Waals surface area contributed by atoms with Crippen LogP contribution in [0.25, 0.3) is 0 Å². The third-order valence-electron chi connectivity index (χ3n) is 2.93. The average molecular weight is 250 g/mol. The van der Waals surface area contributed by atoms with Crippen LogP contribution in [0, 0.1) is 0 Å². The first kappa shape index (κ1) is 14.5. The lowest BCUT2D eigenvalue weighted by atomic mass is 10.1. The number of rotatable bonds is 5. The summed E-state index contributed by atoms with van der Waals surface area (Å²) in [6.07, 6.45) is -0.537. The number of anilines is 1. The number of carbonyl (C=O) groups excluding carboxylic acids is 1. The maximum Gasteiger partial charge on any atom is 0.241 e. The van der Waals surface area contributed by atoms with E-state index >= 15 is 0 Å². The highest BCUT2D eigenvalue weighted by molar-refractivity contribution is 5.81. The zero-order valence-electron chi connectivity index (χ0n) is 11.6. The van der Waals surface area contributed by atoms with Crippen molar-refractivity contribution in [3.8, 4) is 0 Å². The van der Waals surface area contributed by atoms with Gasteiger partial charge in [-0.15, -0.1) is 0 Å². The molecule has 4 heteroatoms. The maximum absolute atomic E-state index is 11.8. The fourth-order valence-corrected chi connectivity index (χ4v) is 1.80. The number of para-hydroxylation sites is 1. The molecule has 0 aliphatic heterocycles. The number of aliphatic hydroxyl groups is 1. The second-order valence-electron chi connectivity index (χ2n) is 4.54. The molecule has 100 valence electrons. The van der Waals surface area contributed by atoms with E-state index in [4.69, 9.17) is 0 Å². The minimum absolute atomic E-state index is 0.0530. The molecular weight excluding hydrogens is 228 g/mol. The van der Waals surface area contributed by atoms with Gasteiger partial charge in [0.2, 0.25) is 5.91 Å². The molecule has 0 radical (unpaired) electrons. The van der Waals surface area contributed by atoms with Crippen LogP contribution in [0.15, 0.2) is 24.3 Å². The summed E-state index contributed by atoms with van der Waals surface area (Å²) in [4.78, 5) is 15.3. The molecule has 0 spiro atoms. The Bertz CT molecular complexity index is 403. The molecule has 1 rings (SSSR count). The number of carbonyl (C=O) groups is 1. The van der Waals surface area contributed by atoms with E-state index in [2.05, 4.69) is 0 Å². The van der Waals surface area contributed by atoms with Crippen molar-refractivity contribution in [1.82, 2.24) is 4.90 Å². The predicted octanol–water partition coefficient (Wildman–Crippen LogP) is 1.65. The quantitative estimate of drug-likeness (QED) is 0.864. The molecule has 0 fully saturated rings. The highest BCUT2D eigenvalue weighted by atomic mass is 16.3. The molecule has 1 aromatic rings. The standard InChI is InChI=1S/C14H22N2O2/c1-5-16(10-14(18)15(3)4)13-9-7-6-8-12(13)11(2)17/h6-9,11,17H,5,10H2,1-4H3. The maximum atomic E-state index is 11.8. The van der Waals surface area contributed by atoms with Crippen molar-refractivity contribution in [2.75, 3.05) is 32.1 Å². The van der Waals surface area contributed by atoms with Crippen LogP contribution in [0.4, 0.5) is 5.69 Å². The smallest absolute Gasteiger partial charge is 0.241 e. The first-order valence-corrected chi connectivity index (χ1v) is 6.19. The van der Waals surface area contributed by atoms with Crippen molar-refractivity contribution in [1.29, 1.82) is 0 Å². The Morgan fingerprint density at radius 3 is 2.44 bits per heavy atom. The van der Waals surface area contributed by atoms with Crippen molar-refractivity contribution in [3.63, 3.8) is 0 Å². The van der Waals surface area contributed by atoms with Gasteiger partial charge in [0.1, 0.15) is 0 Å². The van der Waals surface area contributed by atoms with Crippen LogP contribution in [-0.4, -0.2) is 43.1 Å². The third-order valence-corrected chi connectivity index (χ3v) is 2.93. The summed E-state index contributed by atoms with van der Waals surface area (Å²) in [7, 11) is 3.49. The summed E-state index contributed by atoms with van der Waals surface area (Å²) in [5.41, 5.74) is 1.77. The molecule has 0 saturated carbocycles. The van der Waals surface area contributed by atoms with Gasteiger partial charge in [0.05, 0.1) is 12.6 Å². The summed E-state index contributed by atoms with van der Waals surface area (Å²) < 4.78 is 0. The first-order valence-electron chi connectivity index (χ1n) is 6.19. The molecule has 4 nitrogen and oxygen atoms in total. The van der Waals surface area contributed by atoms with Crippen LogP contribution in [-0.2, 0) is 4.79 Å². The predicted molar refractivity (Wildman–Crippen MR) is 73.7 cm³/mol. The van der Waals surface area contributed by atoms with E-state index < -0.39 is 6.10 Å². The Labute approximate surface area is 109 Å². The lowest BCUT2D eigenvalue weighted by molar-refractivity contribution is -0.127. The van der Waals surface area contributed by atoms with E-state index in [0.29, 0.717) is 6.54 Å². The van der Waals surface area contributed by atoms with Crippen molar-refractivity contribution >= 4 is 11.6 Å². The average Bonchev–Trinajstić information content (AvgIpc) is 2.35. The van der Waals surface area contributed by atoms with Crippen LogP contribution >= 0.6 is 0 Å². The number of benzene rings is 1. The van der Waals surface area contributed by atoms with Crippen LogP contribution in [0.3, 0.4) is 0 Å². The first-order chi connectivity index (χ1) is 8.47. The Balaban J connectivity index is 2.98. The lowest BCUT2D eigenvalue weighted by Gasteiger charge is -2.27. The summed E-state index contributed by atoms with van der Waals surface area (Å²) in [6, 6.07) is 7.65. The minimum atomic E-state index is -0.537. The Hall–Kier alpha value is -1.55. The summed E-state index contributed by atoms with van der Waals surface area (Å²) in [5, 5.41) is 9.77. The number of hydrogen-bond donors (Lipinski definition) is 1. The largest absolute Gasteiger partial charge is 0.389 e. The molecule has 1 unspecified atom stereocenters. The second-order valence-corrected chi connectivity index (χ2v) is 4.54. The summed E-state index contributed by atoms with van der Waals surface area (Å²) in [6.45, 7) is 4.79. The molecule has 0 heterocycles. The fourth-order valence-electron chi connectivity index (χ4n) is 1.80. The van der Waals surface area contributed by atoms with Crippen molar-refractivity contribution in [2.24, 2.45) is 0 Å². The summed E-state index contributed by atoms with van der Waals surface area (Å²) >= 11 is 0. The van der Waals surface area contributed by atoms with E-state index in [9.17, 15) is 9.90 Å². The number of hydrogen-bond acceptors (Lipinski definition) is 3. The molecule has 1 aromatic carbocycles. The monoisotopic (exact) mass is 250 g/mol. The topological polar surface area (TPSA) is 43.8 Å². The highest BCUT2D eigenvalue weighted by Crippen LogP contribution is 2.25. The number of amides is 1. The Kier molecular flexibility index (Phi) is 5.16. The van der Waals surface area contributed by atoms with E-state index in [1.165, 1.54) is 0 Å². The van der Waals surface area contributed by atoms with Gasteiger partial charge in [-0.25, -0.2) is 0 Å². The lowest BCUT2D eigenvalue weighted by Crippen LogP contribution is -2.37. The van der Waals surface area contributed by atoms with Gasteiger partial charge in [-0.1, -0.05) is 18.2 Å². The summed E-state index contributed by atoms with van der Waals surface area (Å²) in [5.74, 6) is 0.0530. The van der Waals surface area contributed by atoms with Crippen LogP contribution < -0.4 is 4.90 Å². The highest BCUT2D eigenvalue weighted by Gasteiger charge is 2.16. The van der Waals surface area contributed by atoms with Crippen LogP contribution in [0.5, 0.6) is 0 Å². The van der Waals surface area contributed by atoms with Gasteiger partial charge >= 0.3 is 0 Å². The minimum Gasteiger partial charge on any atom is -0.389 e.